The van der Waals surface area contributed by atoms with Gasteiger partial charge in [0.05, 0.1) is 24.1 Å². The molecule has 1 saturated carbocycles. The summed E-state index contributed by atoms with van der Waals surface area (Å²) in [5.74, 6) is 0.479. The maximum Gasteiger partial charge on any atom is 0.231 e. The molecular formula is C22H23N3O5S. The number of nitrogens with zero attached hydrogens (tertiary/aromatic N) is 1. The van der Waals surface area contributed by atoms with Crippen molar-refractivity contribution >= 4 is 28.9 Å². The summed E-state index contributed by atoms with van der Waals surface area (Å²) >= 11 is 5.56. The van der Waals surface area contributed by atoms with Gasteiger partial charge in [-0.25, -0.2) is 0 Å². The number of thiocarbonyl (C=S) groups is 1. The molecule has 162 valence electrons. The smallest absolute Gasteiger partial charge is 0.231 e. The highest BCUT2D eigenvalue weighted by Gasteiger charge is 2.54. The number of aliphatic hydroxyl groups excluding tert-OH is 2. The second kappa shape index (κ2) is 7.99. The second-order valence-corrected chi connectivity index (χ2v) is 8.36. The minimum absolute atomic E-state index is 0.133. The van der Waals surface area contributed by atoms with Gasteiger partial charge in [0.2, 0.25) is 12.7 Å². The van der Waals surface area contributed by atoms with E-state index in [1.165, 1.54) is 0 Å². The van der Waals surface area contributed by atoms with Crippen LogP contribution in [-0.4, -0.2) is 52.3 Å². The topological polar surface area (TPSA) is 103 Å². The maximum atomic E-state index is 13.2. The Kier molecular flexibility index (Phi) is 5.17. The van der Waals surface area contributed by atoms with E-state index < -0.39 is 30.2 Å². The van der Waals surface area contributed by atoms with E-state index in [9.17, 15) is 15.0 Å². The van der Waals surface area contributed by atoms with Crippen molar-refractivity contribution in [2.75, 3.05) is 11.7 Å². The van der Waals surface area contributed by atoms with Crippen LogP contribution in [0.15, 0.2) is 48.5 Å². The molecule has 0 spiro atoms. The van der Waals surface area contributed by atoms with Crippen molar-refractivity contribution in [2.45, 2.75) is 37.3 Å². The largest absolute Gasteiger partial charge is 0.454 e. The van der Waals surface area contributed by atoms with Crippen molar-refractivity contribution in [1.29, 1.82) is 0 Å². The van der Waals surface area contributed by atoms with Crippen molar-refractivity contribution in [3.8, 4) is 11.5 Å². The van der Waals surface area contributed by atoms with E-state index in [0.29, 0.717) is 23.2 Å². The van der Waals surface area contributed by atoms with Crippen LogP contribution in [0.4, 0.5) is 5.69 Å². The van der Waals surface area contributed by atoms with Crippen molar-refractivity contribution in [3.05, 3.63) is 54.1 Å². The Bertz CT molecular complexity index is 1000. The summed E-state index contributed by atoms with van der Waals surface area (Å²) in [5.41, 5.74) is 1.72. The first-order valence-corrected chi connectivity index (χ1v) is 10.6. The van der Waals surface area contributed by atoms with Crippen LogP contribution in [0.2, 0.25) is 0 Å². The second-order valence-electron chi connectivity index (χ2n) is 7.98. The summed E-state index contributed by atoms with van der Waals surface area (Å²) in [7, 11) is 0. The van der Waals surface area contributed by atoms with Gasteiger partial charge in [0.15, 0.2) is 16.6 Å². The van der Waals surface area contributed by atoms with Gasteiger partial charge in [-0.05, 0) is 36.3 Å². The fourth-order valence-corrected chi connectivity index (χ4v) is 4.96. The number of hydrogen-bond acceptors (Lipinski definition) is 6. The number of benzene rings is 2. The normalized spacial score (nSPS) is 28.8. The lowest BCUT2D eigenvalue weighted by atomic mass is 9.77. The van der Waals surface area contributed by atoms with E-state index >= 15 is 0 Å². The summed E-state index contributed by atoms with van der Waals surface area (Å²) < 4.78 is 10.9. The molecule has 2 heterocycles. The number of aliphatic hydroxyl groups is 2. The lowest BCUT2D eigenvalue weighted by Crippen LogP contribution is -2.60. The van der Waals surface area contributed by atoms with Crippen LogP contribution in [0.25, 0.3) is 0 Å². The Morgan fingerprint density at radius 1 is 1.16 bits per heavy atom. The van der Waals surface area contributed by atoms with Gasteiger partial charge in [-0.3, -0.25) is 4.79 Å². The highest BCUT2D eigenvalue weighted by atomic mass is 32.1. The first-order chi connectivity index (χ1) is 15.0. The Labute approximate surface area is 184 Å². The Morgan fingerprint density at radius 2 is 1.94 bits per heavy atom. The molecule has 0 unspecified atom stereocenters. The summed E-state index contributed by atoms with van der Waals surface area (Å²) in [6, 6.07) is 14.1. The minimum atomic E-state index is -1.04. The van der Waals surface area contributed by atoms with Gasteiger partial charge in [-0.1, -0.05) is 30.3 Å². The highest BCUT2D eigenvalue weighted by molar-refractivity contribution is 7.80. The fourth-order valence-electron chi connectivity index (χ4n) is 4.59. The lowest BCUT2D eigenvalue weighted by Gasteiger charge is -2.41. The van der Waals surface area contributed by atoms with Gasteiger partial charge in [0.1, 0.15) is 6.10 Å². The predicted octanol–water partition coefficient (Wildman–Crippen LogP) is 0.905. The number of fused-ring (bicyclic) bond motifs is 2. The SMILES string of the molecule is O=C(NCc1ccccc1)[C@H]1C[C@@H](O)[C@H](O)[C@H]2NC(=S)N(c3ccc4c(c3)OCO4)[C@@H]21. The van der Waals surface area contributed by atoms with Crippen LogP contribution in [-0.2, 0) is 11.3 Å². The fraction of sp³-hybridized carbons (Fsp3) is 0.364. The van der Waals surface area contributed by atoms with E-state index in [2.05, 4.69) is 10.6 Å². The monoisotopic (exact) mass is 441 g/mol. The van der Waals surface area contributed by atoms with Crippen LogP contribution in [0.1, 0.15) is 12.0 Å². The average molecular weight is 442 g/mol. The average Bonchev–Trinajstić information content (AvgIpc) is 3.39. The van der Waals surface area contributed by atoms with Crippen molar-refractivity contribution < 1.29 is 24.5 Å². The number of anilines is 1. The Hall–Kier alpha value is -2.88. The number of nitrogens with one attached hydrogen (secondary N) is 2. The third-order valence-corrected chi connectivity index (χ3v) is 6.44. The van der Waals surface area contributed by atoms with Crippen LogP contribution < -0.4 is 25.0 Å². The quantitative estimate of drug-likeness (QED) is 0.519. The number of carbonyl (C=O) groups is 1. The summed E-state index contributed by atoms with van der Waals surface area (Å²) in [6.45, 7) is 0.539. The molecule has 5 atom stereocenters. The van der Waals surface area contributed by atoms with Crippen LogP contribution >= 0.6 is 12.2 Å². The van der Waals surface area contributed by atoms with Crippen LogP contribution in [0, 0.1) is 5.92 Å². The highest BCUT2D eigenvalue weighted by Crippen LogP contribution is 2.41. The van der Waals surface area contributed by atoms with Gasteiger partial charge in [-0.2, -0.15) is 0 Å². The van der Waals surface area contributed by atoms with Crippen molar-refractivity contribution in [2.24, 2.45) is 5.92 Å². The van der Waals surface area contributed by atoms with Crippen molar-refractivity contribution in [1.82, 2.24) is 10.6 Å². The third kappa shape index (κ3) is 3.58. The first-order valence-electron chi connectivity index (χ1n) is 10.2. The molecule has 0 bridgehead atoms. The summed E-state index contributed by atoms with van der Waals surface area (Å²) in [5, 5.41) is 27.5. The van der Waals surface area contributed by atoms with Gasteiger partial charge >= 0.3 is 0 Å². The molecule has 9 heteroatoms. The minimum Gasteiger partial charge on any atom is -0.454 e. The van der Waals surface area contributed by atoms with Crippen LogP contribution in [0.3, 0.4) is 0 Å². The molecule has 5 rings (SSSR count). The lowest BCUT2D eigenvalue weighted by molar-refractivity contribution is -0.131. The van der Waals surface area contributed by atoms with E-state index in [0.717, 1.165) is 11.3 Å². The Morgan fingerprint density at radius 3 is 2.74 bits per heavy atom. The van der Waals surface area contributed by atoms with E-state index in [1.807, 2.05) is 47.4 Å². The molecule has 2 aromatic carbocycles. The zero-order chi connectivity index (χ0) is 21.5. The van der Waals surface area contributed by atoms with Gasteiger partial charge < -0.3 is 35.2 Å². The molecule has 0 radical (unpaired) electrons. The first kappa shape index (κ1) is 20.0. The van der Waals surface area contributed by atoms with E-state index in [-0.39, 0.29) is 19.1 Å². The molecule has 2 aliphatic heterocycles. The summed E-state index contributed by atoms with van der Waals surface area (Å²) in [6.07, 6.45) is -1.94. The number of carbonyl (C=O) groups excluding carboxylic acids is 1. The zero-order valence-electron chi connectivity index (χ0n) is 16.6. The molecule has 2 fully saturated rings. The molecule has 1 amide bonds. The molecule has 1 aliphatic carbocycles. The van der Waals surface area contributed by atoms with E-state index in [1.54, 1.807) is 6.07 Å². The molecule has 2 aromatic rings. The molecular weight excluding hydrogens is 418 g/mol. The summed E-state index contributed by atoms with van der Waals surface area (Å²) in [4.78, 5) is 15.0. The molecule has 4 N–H and O–H groups in total. The predicted molar refractivity (Wildman–Crippen MR) is 117 cm³/mol. The van der Waals surface area contributed by atoms with Crippen molar-refractivity contribution in [3.63, 3.8) is 0 Å². The van der Waals surface area contributed by atoms with Gasteiger partial charge in [0, 0.05) is 18.3 Å². The zero-order valence-corrected chi connectivity index (χ0v) is 17.4. The van der Waals surface area contributed by atoms with Gasteiger partial charge in [-0.15, -0.1) is 0 Å². The number of ether oxygens (including phenoxy) is 2. The molecule has 8 nitrogen and oxygen atoms in total. The maximum absolute atomic E-state index is 13.2. The van der Waals surface area contributed by atoms with E-state index in [4.69, 9.17) is 21.7 Å². The Balaban J connectivity index is 1.43. The number of hydrogen-bond donors (Lipinski definition) is 4. The molecule has 31 heavy (non-hydrogen) atoms. The molecule has 0 aromatic heterocycles. The number of amides is 1. The van der Waals surface area contributed by atoms with Gasteiger partial charge in [0.25, 0.3) is 0 Å². The molecule has 3 aliphatic rings. The molecule has 1 saturated heterocycles. The number of rotatable bonds is 4. The standard InChI is InChI=1S/C22H23N3O5S/c26-15-9-14(21(28)23-10-12-4-2-1-3-5-12)19-18(20(15)27)24-22(31)25(19)13-6-7-16-17(8-13)30-11-29-16/h1-8,14-15,18-20,26-27H,9-11H2,(H,23,28)(H,24,31)/t14-,15+,18-,19+,20-/m0/s1. The third-order valence-electron chi connectivity index (χ3n) is 6.13. The van der Waals surface area contributed by atoms with Crippen LogP contribution in [0.5, 0.6) is 11.5 Å².